The number of rotatable bonds is 4. The van der Waals surface area contributed by atoms with Gasteiger partial charge in [0.1, 0.15) is 23.9 Å². The molecule has 3 rings (SSSR count). The van der Waals surface area contributed by atoms with Gasteiger partial charge in [0.2, 0.25) is 0 Å². The van der Waals surface area contributed by atoms with E-state index in [1.807, 2.05) is 0 Å². The SMILES string of the molecule is N#Cc1ccc(-n2cc(COc3ccc(F)cc3)nn2)cc1C(F)(F)F. The number of aromatic nitrogens is 3. The fraction of sp³-hybridized carbons (Fsp3) is 0.118. The van der Waals surface area contributed by atoms with Crippen LogP contribution in [-0.2, 0) is 12.8 Å². The van der Waals surface area contributed by atoms with Crippen LogP contribution >= 0.6 is 0 Å². The molecule has 26 heavy (non-hydrogen) atoms. The predicted octanol–water partition coefficient (Wildman–Crippen LogP) is 3.88. The zero-order chi connectivity index (χ0) is 18.7. The molecule has 1 heterocycles. The van der Waals surface area contributed by atoms with E-state index in [0.29, 0.717) is 11.4 Å². The number of nitrogens with zero attached hydrogens (tertiary/aromatic N) is 4. The van der Waals surface area contributed by atoms with Gasteiger partial charge in [-0.15, -0.1) is 5.10 Å². The van der Waals surface area contributed by atoms with Crippen molar-refractivity contribution in [2.24, 2.45) is 0 Å². The van der Waals surface area contributed by atoms with Gasteiger partial charge in [0.25, 0.3) is 0 Å². The second-order valence-electron chi connectivity index (χ2n) is 5.24. The lowest BCUT2D eigenvalue weighted by Gasteiger charge is -2.10. The topological polar surface area (TPSA) is 63.7 Å². The van der Waals surface area contributed by atoms with Crippen molar-refractivity contribution in [3.8, 4) is 17.5 Å². The van der Waals surface area contributed by atoms with E-state index >= 15 is 0 Å². The fourth-order valence-corrected chi connectivity index (χ4v) is 2.19. The van der Waals surface area contributed by atoms with Gasteiger partial charge in [-0.25, -0.2) is 9.07 Å². The molecular formula is C17H10F4N4O. The molecule has 2 aromatic carbocycles. The molecule has 132 valence electrons. The van der Waals surface area contributed by atoms with Crippen LogP contribution in [-0.4, -0.2) is 15.0 Å². The van der Waals surface area contributed by atoms with Crippen LogP contribution in [0.4, 0.5) is 17.6 Å². The van der Waals surface area contributed by atoms with E-state index in [4.69, 9.17) is 10.00 Å². The van der Waals surface area contributed by atoms with Crippen molar-refractivity contribution in [3.63, 3.8) is 0 Å². The molecule has 1 aromatic heterocycles. The third-order valence-electron chi connectivity index (χ3n) is 3.43. The molecule has 5 nitrogen and oxygen atoms in total. The Morgan fingerprint density at radius 2 is 1.85 bits per heavy atom. The van der Waals surface area contributed by atoms with Crippen molar-refractivity contribution in [3.05, 3.63) is 71.3 Å². The second-order valence-corrected chi connectivity index (χ2v) is 5.24. The lowest BCUT2D eigenvalue weighted by atomic mass is 10.1. The first-order chi connectivity index (χ1) is 12.4. The fourth-order valence-electron chi connectivity index (χ4n) is 2.19. The number of benzene rings is 2. The average Bonchev–Trinajstić information content (AvgIpc) is 3.09. The largest absolute Gasteiger partial charge is 0.487 e. The van der Waals surface area contributed by atoms with E-state index in [-0.39, 0.29) is 12.3 Å². The maximum absolute atomic E-state index is 13.0. The van der Waals surface area contributed by atoms with E-state index < -0.39 is 23.1 Å². The van der Waals surface area contributed by atoms with E-state index in [2.05, 4.69) is 10.3 Å². The molecule has 0 spiro atoms. The molecule has 0 atom stereocenters. The summed E-state index contributed by atoms with van der Waals surface area (Å²) in [4.78, 5) is 0. The Morgan fingerprint density at radius 1 is 1.12 bits per heavy atom. The van der Waals surface area contributed by atoms with Crippen LogP contribution in [0.1, 0.15) is 16.8 Å². The third-order valence-corrected chi connectivity index (χ3v) is 3.43. The van der Waals surface area contributed by atoms with E-state index in [0.717, 1.165) is 16.8 Å². The summed E-state index contributed by atoms with van der Waals surface area (Å²) < 4.78 is 58.5. The van der Waals surface area contributed by atoms with Crippen LogP contribution in [0.5, 0.6) is 5.75 Å². The molecule has 0 aliphatic rings. The highest BCUT2D eigenvalue weighted by Crippen LogP contribution is 2.33. The summed E-state index contributed by atoms with van der Waals surface area (Å²) in [6.45, 7) is 0.00798. The van der Waals surface area contributed by atoms with Crippen molar-refractivity contribution < 1.29 is 22.3 Å². The van der Waals surface area contributed by atoms with Crippen LogP contribution in [0.3, 0.4) is 0 Å². The third kappa shape index (κ3) is 3.80. The number of ether oxygens (including phenoxy) is 1. The van der Waals surface area contributed by atoms with Gasteiger partial charge in [-0.1, -0.05) is 5.21 Å². The molecule has 0 aliphatic carbocycles. The lowest BCUT2D eigenvalue weighted by molar-refractivity contribution is -0.137. The Balaban J connectivity index is 1.79. The maximum Gasteiger partial charge on any atom is 0.417 e. The molecular weight excluding hydrogens is 352 g/mol. The Labute approximate surface area is 145 Å². The molecule has 0 saturated heterocycles. The zero-order valence-electron chi connectivity index (χ0n) is 13.0. The van der Waals surface area contributed by atoms with Gasteiger partial charge in [0.05, 0.1) is 29.1 Å². The number of halogens is 4. The van der Waals surface area contributed by atoms with Gasteiger partial charge < -0.3 is 4.74 Å². The number of hydrogen-bond acceptors (Lipinski definition) is 4. The second kappa shape index (κ2) is 6.84. The van der Waals surface area contributed by atoms with Crippen molar-refractivity contribution in [1.82, 2.24) is 15.0 Å². The Kier molecular flexibility index (Phi) is 4.58. The molecule has 9 heteroatoms. The highest BCUT2D eigenvalue weighted by molar-refractivity contribution is 5.47. The smallest absolute Gasteiger partial charge is 0.417 e. The predicted molar refractivity (Wildman–Crippen MR) is 81.8 cm³/mol. The van der Waals surface area contributed by atoms with E-state index in [1.165, 1.54) is 42.6 Å². The standard InChI is InChI=1S/C17H10F4N4O/c18-12-2-5-15(6-3-12)26-10-13-9-25(24-23-13)14-4-1-11(8-22)16(7-14)17(19,20)21/h1-7,9H,10H2. The van der Waals surface area contributed by atoms with Crippen LogP contribution in [0.2, 0.25) is 0 Å². The summed E-state index contributed by atoms with van der Waals surface area (Å²) in [5.41, 5.74) is -1.04. The van der Waals surface area contributed by atoms with Gasteiger partial charge in [0.15, 0.2) is 0 Å². The van der Waals surface area contributed by atoms with Gasteiger partial charge in [0, 0.05) is 0 Å². The van der Waals surface area contributed by atoms with Gasteiger partial charge in [-0.2, -0.15) is 18.4 Å². The Bertz CT molecular complexity index is 958. The van der Waals surface area contributed by atoms with E-state index in [1.54, 1.807) is 0 Å². The molecule has 3 aromatic rings. The van der Waals surface area contributed by atoms with Crippen LogP contribution in [0.15, 0.2) is 48.7 Å². The van der Waals surface area contributed by atoms with Crippen molar-refractivity contribution in [2.45, 2.75) is 12.8 Å². The molecule has 0 saturated carbocycles. The first kappa shape index (κ1) is 17.4. The van der Waals surface area contributed by atoms with E-state index in [9.17, 15) is 17.6 Å². The molecule has 0 fully saturated rings. The first-order valence-electron chi connectivity index (χ1n) is 7.28. The zero-order valence-corrected chi connectivity index (χ0v) is 13.0. The highest BCUT2D eigenvalue weighted by Gasteiger charge is 2.34. The minimum Gasteiger partial charge on any atom is -0.487 e. The number of nitriles is 1. The minimum atomic E-state index is -4.66. The first-order valence-corrected chi connectivity index (χ1v) is 7.28. The maximum atomic E-state index is 13.0. The number of hydrogen-bond donors (Lipinski definition) is 0. The average molecular weight is 362 g/mol. The molecule has 0 unspecified atom stereocenters. The molecule has 0 N–H and O–H groups in total. The van der Waals surface area contributed by atoms with Gasteiger partial charge in [-0.05, 0) is 42.5 Å². The van der Waals surface area contributed by atoms with Crippen LogP contribution in [0.25, 0.3) is 5.69 Å². The summed E-state index contributed by atoms with van der Waals surface area (Å²) in [6, 6.07) is 10.1. The highest BCUT2D eigenvalue weighted by atomic mass is 19.4. The molecule has 0 radical (unpaired) electrons. The Hall–Kier alpha value is -3.41. The van der Waals surface area contributed by atoms with Crippen molar-refractivity contribution in [2.75, 3.05) is 0 Å². The summed E-state index contributed by atoms with van der Waals surface area (Å²) >= 11 is 0. The summed E-state index contributed by atoms with van der Waals surface area (Å²) in [5.74, 6) is 0.0169. The summed E-state index contributed by atoms with van der Waals surface area (Å²) in [6.07, 6.45) is -3.25. The van der Waals surface area contributed by atoms with Crippen molar-refractivity contribution >= 4 is 0 Å². The Morgan fingerprint density at radius 3 is 2.50 bits per heavy atom. The van der Waals surface area contributed by atoms with Gasteiger partial charge >= 0.3 is 6.18 Å². The minimum absolute atomic E-state index is 0.00798. The quantitative estimate of drug-likeness (QED) is 0.661. The summed E-state index contributed by atoms with van der Waals surface area (Å²) in [7, 11) is 0. The monoisotopic (exact) mass is 362 g/mol. The molecule has 0 amide bonds. The lowest BCUT2D eigenvalue weighted by Crippen LogP contribution is -2.09. The van der Waals surface area contributed by atoms with Crippen LogP contribution in [0, 0.1) is 17.1 Å². The summed E-state index contributed by atoms with van der Waals surface area (Å²) in [5, 5.41) is 16.4. The van der Waals surface area contributed by atoms with Crippen molar-refractivity contribution in [1.29, 1.82) is 5.26 Å². The van der Waals surface area contributed by atoms with Gasteiger partial charge in [-0.3, -0.25) is 0 Å². The molecule has 0 aliphatic heterocycles. The number of alkyl halides is 3. The normalized spacial score (nSPS) is 11.2. The molecule has 0 bridgehead atoms. The van der Waals surface area contributed by atoms with Crippen LogP contribution < -0.4 is 4.74 Å².